The normalized spacial score (nSPS) is 10.2. The van der Waals surface area contributed by atoms with E-state index in [0.29, 0.717) is 6.54 Å². The van der Waals surface area contributed by atoms with E-state index in [0.717, 1.165) is 18.7 Å². The van der Waals surface area contributed by atoms with E-state index >= 15 is 0 Å². The quantitative estimate of drug-likeness (QED) is 0.780. The molecule has 0 aliphatic heterocycles. The van der Waals surface area contributed by atoms with E-state index in [2.05, 4.69) is 18.4 Å². The minimum absolute atomic E-state index is 0.0295. The maximum Gasteiger partial charge on any atom is 0.260 e. The van der Waals surface area contributed by atoms with E-state index in [-0.39, 0.29) is 12.5 Å². The molecule has 1 aromatic carbocycles. The van der Waals surface area contributed by atoms with Gasteiger partial charge in [0.1, 0.15) is 5.75 Å². The van der Waals surface area contributed by atoms with Gasteiger partial charge in [-0.15, -0.1) is 0 Å². The third-order valence-corrected chi connectivity index (χ3v) is 3.64. The molecule has 1 aromatic heterocycles. The lowest BCUT2D eigenvalue weighted by Gasteiger charge is -2.21. The highest BCUT2D eigenvalue weighted by atomic mass is 32.1. The second kappa shape index (κ2) is 7.70. The molecule has 1 amide bonds. The average molecular weight is 289 g/mol. The van der Waals surface area contributed by atoms with Gasteiger partial charge in [0.15, 0.2) is 6.61 Å². The molecule has 0 fully saturated rings. The molecule has 4 heteroatoms. The number of carbonyl (C=O) groups is 1. The predicted octanol–water partition coefficient (Wildman–Crippen LogP) is 3.57. The third-order valence-electron chi connectivity index (χ3n) is 2.91. The van der Waals surface area contributed by atoms with Crippen molar-refractivity contribution in [2.45, 2.75) is 19.9 Å². The number of para-hydroxylation sites is 1. The van der Waals surface area contributed by atoms with Crippen molar-refractivity contribution in [3.8, 4) is 5.75 Å². The molecule has 0 spiro atoms. The molecule has 0 unspecified atom stereocenters. The summed E-state index contributed by atoms with van der Waals surface area (Å²) in [4.78, 5) is 14.1. The average Bonchev–Trinajstić information content (AvgIpc) is 2.98. The molecule has 2 rings (SSSR count). The maximum atomic E-state index is 12.2. The summed E-state index contributed by atoms with van der Waals surface area (Å²) in [5.74, 6) is 0.759. The largest absolute Gasteiger partial charge is 0.484 e. The third kappa shape index (κ3) is 4.38. The van der Waals surface area contributed by atoms with Gasteiger partial charge < -0.3 is 9.64 Å². The Morgan fingerprint density at radius 1 is 1.25 bits per heavy atom. The zero-order valence-corrected chi connectivity index (χ0v) is 12.4. The number of nitrogens with zero attached hydrogens (tertiary/aromatic N) is 1. The Labute approximate surface area is 123 Å². The van der Waals surface area contributed by atoms with Crippen molar-refractivity contribution in [1.82, 2.24) is 4.90 Å². The lowest BCUT2D eigenvalue weighted by Crippen LogP contribution is -2.35. The standard InChI is InChI=1S/C16H19NO2S/c1-2-9-17(11-14-8-10-20-13-14)16(18)12-19-15-6-4-3-5-7-15/h3-8,10,13H,2,9,11-12H2,1H3. The minimum atomic E-state index is 0.0295. The first-order chi connectivity index (χ1) is 9.79. The van der Waals surface area contributed by atoms with Gasteiger partial charge in [0.05, 0.1) is 0 Å². The number of hydrogen-bond donors (Lipinski definition) is 0. The van der Waals surface area contributed by atoms with Crippen LogP contribution < -0.4 is 4.74 Å². The van der Waals surface area contributed by atoms with Crippen molar-refractivity contribution in [3.63, 3.8) is 0 Å². The highest BCUT2D eigenvalue weighted by Crippen LogP contribution is 2.12. The van der Waals surface area contributed by atoms with Gasteiger partial charge >= 0.3 is 0 Å². The Bertz CT molecular complexity index is 511. The summed E-state index contributed by atoms with van der Waals surface area (Å²) in [6.45, 7) is 3.58. The summed E-state index contributed by atoms with van der Waals surface area (Å²) in [5.41, 5.74) is 1.18. The Balaban J connectivity index is 1.89. The van der Waals surface area contributed by atoms with Gasteiger partial charge in [-0.1, -0.05) is 25.1 Å². The Morgan fingerprint density at radius 2 is 2.05 bits per heavy atom. The molecule has 3 nitrogen and oxygen atoms in total. The van der Waals surface area contributed by atoms with E-state index in [4.69, 9.17) is 4.74 Å². The molecule has 0 radical (unpaired) electrons. The highest BCUT2D eigenvalue weighted by molar-refractivity contribution is 7.07. The fourth-order valence-electron chi connectivity index (χ4n) is 1.92. The molecule has 2 aromatic rings. The highest BCUT2D eigenvalue weighted by Gasteiger charge is 2.14. The number of carbonyl (C=O) groups excluding carboxylic acids is 1. The summed E-state index contributed by atoms with van der Waals surface area (Å²) in [5, 5.41) is 4.11. The van der Waals surface area contributed by atoms with Gasteiger partial charge in [-0.05, 0) is 40.9 Å². The number of thiophene rings is 1. The molecular formula is C16H19NO2S. The van der Waals surface area contributed by atoms with Crippen LogP contribution in [-0.2, 0) is 11.3 Å². The monoisotopic (exact) mass is 289 g/mol. The SMILES string of the molecule is CCCN(Cc1ccsc1)C(=O)COc1ccccc1. The molecule has 20 heavy (non-hydrogen) atoms. The van der Waals surface area contributed by atoms with Crippen LogP contribution in [0.4, 0.5) is 0 Å². The second-order valence-electron chi connectivity index (χ2n) is 4.55. The fraction of sp³-hybridized carbons (Fsp3) is 0.312. The molecule has 106 valence electrons. The molecule has 0 aliphatic carbocycles. The van der Waals surface area contributed by atoms with Crippen LogP contribution in [0.15, 0.2) is 47.2 Å². The lowest BCUT2D eigenvalue weighted by atomic mass is 10.3. The van der Waals surface area contributed by atoms with Crippen LogP contribution in [0.2, 0.25) is 0 Å². The van der Waals surface area contributed by atoms with Crippen LogP contribution in [-0.4, -0.2) is 24.0 Å². The van der Waals surface area contributed by atoms with Crippen LogP contribution in [0.5, 0.6) is 5.75 Å². The summed E-state index contributed by atoms with van der Waals surface area (Å²) in [6.07, 6.45) is 0.946. The summed E-state index contributed by atoms with van der Waals surface area (Å²) in [7, 11) is 0. The first-order valence-electron chi connectivity index (χ1n) is 6.76. The fourth-order valence-corrected chi connectivity index (χ4v) is 2.58. The Hall–Kier alpha value is -1.81. The van der Waals surface area contributed by atoms with Crippen LogP contribution in [0, 0.1) is 0 Å². The number of rotatable bonds is 7. The molecule has 0 aliphatic rings. The van der Waals surface area contributed by atoms with Crippen LogP contribution >= 0.6 is 11.3 Å². The first-order valence-corrected chi connectivity index (χ1v) is 7.70. The zero-order chi connectivity index (χ0) is 14.2. The van der Waals surface area contributed by atoms with E-state index in [1.165, 1.54) is 5.56 Å². The van der Waals surface area contributed by atoms with E-state index in [1.807, 2.05) is 40.6 Å². The summed E-state index contributed by atoms with van der Waals surface area (Å²) in [6, 6.07) is 11.5. The van der Waals surface area contributed by atoms with E-state index in [1.54, 1.807) is 11.3 Å². The predicted molar refractivity (Wildman–Crippen MR) is 82.0 cm³/mol. The molecule has 0 saturated carbocycles. The smallest absolute Gasteiger partial charge is 0.260 e. The Kier molecular flexibility index (Phi) is 5.62. The van der Waals surface area contributed by atoms with Gasteiger partial charge in [0.25, 0.3) is 5.91 Å². The minimum Gasteiger partial charge on any atom is -0.484 e. The molecule has 0 atom stereocenters. The number of amides is 1. The molecule has 0 N–H and O–H groups in total. The van der Waals surface area contributed by atoms with Gasteiger partial charge in [-0.2, -0.15) is 11.3 Å². The topological polar surface area (TPSA) is 29.5 Å². The lowest BCUT2D eigenvalue weighted by molar-refractivity contribution is -0.134. The maximum absolute atomic E-state index is 12.2. The summed E-state index contributed by atoms with van der Waals surface area (Å²) >= 11 is 1.65. The number of hydrogen-bond acceptors (Lipinski definition) is 3. The first kappa shape index (κ1) is 14.6. The van der Waals surface area contributed by atoms with E-state index in [9.17, 15) is 4.79 Å². The van der Waals surface area contributed by atoms with Crippen molar-refractivity contribution >= 4 is 17.2 Å². The van der Waals surface area contributed by atoms with Gasteiger partial charge in [0.2, 0.25) is 0 Å². The second-order valence-corrected chi connectivity index (χ2v) is 5.33. The van der Waals surface area contributed by atoms with Gasteiger partial charge in [0, 0.05) is 13.1 Å². The van der Waals surface area contributed by atoms with E-state index < -0.39 is 0 Å². The molecular weight excluding hydrogens is 270 g/mol. The zero-order valence-electron chi connectivity index (χ0n) is 11.6. The van der Waals surface area contributed by atoms with Gasteiger partial charge in [-0.3, -0.25) is 4.79 Å². The summed E-state index contributed by atoms with van der Waals surface area (Å²) < 4.78 is 5.53. The van der Waals surface area contributed by atoms with Gasteiger partial charge in [-0.25, -0.2) is 0 Å². The number of benzene rings is 1. The molecule has 1 heterocycles. The molecule has 0 bridgehead atoms. The van der Waals surface area contributed by atoms with Crippen LogP contribution in [0.1, 0.15) is 18.9 Å². The van der Waals surface area contributed by atoms with Crippen molar-refractivity contribution in [2.24, 2.45) is 0 Å². The van der Waals surface area contributed by atoms with Crippen molar-refractivity contribution in [2.75, 3.05) is 13.2 Å². The van der Waals surface area contributed by atoms with Crippen LogP contribution in [0.3, 0.4) is 0 Å². The van der Waals surface area contributed by atoms with Crippen molar-refractivity contribution in [1.29, 1.82) is 0 Å². The van der Waals surface area contributed by atoms with Crippen LogP contribution in [0.25, 0.3) is 0 Å². The van der Waals surface area contributed by atoms with Crippen molar-refractivity contribution < 1.29 is 9.53 Å². The number of ether oxygens (including phenoxy) is 1. The van der Waals surface area contributed by atoms with Crippen molar-refractivity contribution in [3.05, 3.63) is 52.7 Å². The Morgan fingerprint density at radius 3 is 2.70 bits per heavy atom. The molecule has 0 saturated heterocycles.